The molecule has 3 unspecified atom stereocenters. The highest BCUT2D eigenvalue weighted by atomic mass is 32.1. The third kappa shape index (κ3) is 5.65. The Morgan fingerprint density at radius 2 is 2.00 bits per heavy atom. The van der Waals surface area contributed by atoms with Crippen molar-refractivity contribution in [2.24, 2.45) is 5.41 Å². The molecule has 3 atom stereocenters. The molecule has 4 nitrogen and oxygen atoms in total. The van der Waals surface area contributed by atoms with Crippen LogP contribution in [0.15, 0.2) is 41.8 Å². The third-order valence-electron chi connectivity index (χ3n) is 5.43. The molecule has 2 N–H and O–H groups in total. The molecule has 1 saturated heterocycles. The van der Waals surface area contributed by atoms with Gasteiger partial charge in [-0.3, -0.25) is 9.69 Å². The number of rotatable bonds is 5. The molecule has 1 aromatic carbocycles. The van der Waals surface area contributed by atoms with Crippen molar-refractivity contribution in [3.63, 3.8) is 0 Å². The molecular weight excluding hydrogens is 387 g/mol. The van der Waals surface area contributed by atoms with Gasteiger partial charge in [-0.1, -0.05) is 39.0 Å². The highest BCUT2D eigenvalue weighted by Gasteiger charge is 2.46. The summed E-state index contributed by atoms with van der Waals surface area (Å²) in [6, 6.07) is 10.0. The first-order chi connectivity index (χ1) is 13.5. The molecule has 1 amide bonds. The smallest absolute Gasteiger partial charge is 0.220 e. The van der Waals surface area contributed by atoms with Gasteiger partial charge >= 0.3 is 0 Å². The van der Waals surface area contributed by atoms with Crippen LogP contribution in [0.5, 0.6) is 0 Å². The molecule has 29 heavy (non-hydrogen) atoms. The zero-order valence-corrected chi connectivity index (χ0v) is 18.4. The average molecular weight is 419 g/mol. The quantitative estimate of drug-likeness (QED) is 0.751. The van der Waals surface area contributed by atoms with Gasteiger partial charge < -0.3 is 10.4 Å². The molecule has 3 rings (SSSR count). The zero-order valence-electron chi connectivity index (χ0n) is 17.6. The standard InChI is InChI=1S/C23H31FN2O2S/c1-22(2,3)14-19(27)25-21-20(18-6-5-13-29-18)26(12-11-23(21,4)28)15-16-7-9-17(24)10-8-16/h5-10,13,20-21,28H,11-12,14-15H2,1-4H3,(H,25,27). The number of benzene rings is 1. The van der Waals surface area contributed by atoms with Gasteiger partial charge in [0.25, 0.3) is 0 Å². The maximum Gasteiger partial charge on any atom is 0.220 e. The fourth-order valence-electron chi connectivity index (χ4n) is 3.96. The second kappa shape index (κ2) is 8.54. The Labute approximate surface area is 176 Å². The van der Waals surface area contributed by atoms with Gasteiger partial charge in [0.1, 0.15) is 5.82 Å². The van der Waals surface area contributed by atoms with Gasteiger partial charge in [-0.15, -0.1) is 11.3 Å². The van der Waals surface area contributed by atoms with Crippen LogP contribution in [0.2, 0.25) is 0 Å². The van der Waals surface area contributed by atoms with Crippen LogP contribution in [0.25, 0.3) is 0 Å². The van der Waals surface area contributed by atoms with E-state index in [0.717, 1.165) is 10.4 Å². The van der Waals surface area contributed by atoms with Gasteiger partial charge in [-0.2, -0.15) is 0 Å². The number of halogens is 1. The lowest BCUT2D eigenvalue weighted by Crippen LogP contribution is -2.62. The van der Waals surface area contributed by atoms with Crippen molar-refractivity contribution in [3.8, 4) is 0 Å². The van der Waals surface area contributed by atoms with Crippen LogP contribution in [0.3, 0.4) is 0 Å². The summed E-state index contributed by atoms with van der Waals surface area (Å²) in [5.41, 5.74) is -0.132. The number of nitrogens with one attached hydrogen (secondary N) is 1. The predicted octanol–water partition coefficient (Wildman–Crippen LogP) is 4.51. The molecule has 0 bridgehead atoms. The summed E-state index contributed by atoms with van der Waals surface area (Å²) in [5.74, 6) is -0.301. The fraction of sp³-hybridized carbons (Fsp3) is 0.522. The molecular formula is C23H31FN2O2S. The van der Waals surface area contributed by atoms with E-state index in [-0.39, 0.29) is 23.2 Å². The second-order valence-electron chi connectivity index (χ2n) is 9.45. The topological polar surface area (TPSA) is 52.6 Å². The maximum absolute atomic E-state index is 13.3. The molecule has 1 aromatic heterocycles. The summed E-state index contributed by atoms with van der Waals surface area (Å²) in [7, 11) is 0. The van der Waals surface area contributed by atoms with Crippen LogP contribution in [-0.2, 0) is 11.3 Å². The van der Waals surface area contributed by atoms with E-state index >= 15 is 0 Å². The Balaban J connectivity index is 1.89. The number of piperidine rings is 1. The molecule has 0 radical (unpaired) electrons. The molecule has 2 aromatic rings. The lowest BCUT2D eigenvalue weighted by Gasteiger charge is -2.49. The van der Waals surface area contributed by atoms with E-state index in [1.165, 1.54) is 12.1 Å². The van der Waals surface area contributed by atoms with E-state index in [0.29, 0.717) is 25.9 Å². The van der Waals surface area contributed by atoms with Crippen molar-refractivity contribution in [2.45, 2.75) is 64.8 Å². The van der Waals surface area contributed by atoms with Gasteiger partial charge in [-0.05, 0) is 47.9 Å². The minimum Gasteiger partial charge on any atom is -0.388 e. The monoisotopic (exact) mass is 418 g/mol. The van der Waals surface area contributed by atoms with Crippen molar-refractivity contribution < 1.29 is 14.3 Å². The molecule has 1 fully saturated rings. The highest BCUT2D eigenvalue weighted by Crippen LogP contribution is 2.39. The Bertz CT molecular complexity index is 812. The van der Waals surface area contributed by atoms with E-state index in [1.807, 2.05) is 39.1 Å². The molecule has 0 spiro atoms. The maximum atomic E-state index is 13.3. The Morgan fingerprint density at radius 1 is 1.31 bits per heavy atom. The molecule has 1 aliphatic rings. The number of aliphatic hydroxyl groups is 1. The molecule has 1 aliphatic heterocycles. The number of nitrogens with zero attached hydrogens (tertiary/aromatic N) is 1. The number of thiophene rings is 1. The number of carbonyl (C=O) groups excluding carboxylic acids is 1. The van der Waals surface area contributed by atoms with Gasteiger partial charge in [0.2, 0.25) is 5.91 Å². The summed E-state index contributed by atoms with van der Waals surface area (Å²) in [4.78, 5) is 16.1. The van der Waals surface area contributed by atoms with Gasteiger partial charge in [0, 0.05) is 24.4 Å². The van der Waals surface area contributed by atoms with Crippen LogP contribution in [0, 0.1) is 11.2 Å². The molecule has 158 valence electrons. The van der Waals surface area contributed by atoms with Crippen LogP contribution >= 0.6 is 11.3 Å². The predicted molar refractivity (Wildman–Crippen MR) is 115 cm³/mol. The zero-order chi connectivity index (χ0) is 21.2. The molecule has 0 saturated carbocycles. The fourth-order valence-corrected chi connectivity index (χ4v) is 4.86. The van der Waals surface area contributed by atoms with E-state index in [1.54, 1.807) is 23.5 Å². The van der Waals surface area contributed by atoms with E-state index in [2.05, 4.69) is 16.3 Å². The Morgan fingerprint density at radius 3 is 2.59 bits per heavy atom. The average Bonchev–Trinajstić information content (AvgIpc) is 3.12. The first-order valence-electron chi connectivity index (χ1n) is 10.1. The van der Waals surface area contributed by atoms with E-state index in [9.17, 15) is 14.3 Å². The lowest BCUT2D eigenvalue weighted by molar-refractivity contribution is -0.130. The number of likely N-dealkylation sites (tertiary alicyclic amines) is 1. The van der Waals surface area contributed by atoms with Crippen molar-refractivity contribution in [1.82, 2.24) is 10.2 Å². The number of carbonyl (C=O) groups is 1. The van der Waals surface area contributed by atoms with Crippen molar-refractivity contribution >= 4 is 17.2 Å². The number of amides is 1. The largest absolute Gasteiger partial charge is 0.388 e. The number of hydrogen-bond donors (Lipinski definition) is 2. The minimum absolute atomic E-state index is 0.0482. The summed E-state index contributed by atoms with van der Waals surface area (Å²) in [5, 5.41) is 16.3. The summed E-state index contributed by atoms with van der Waals surface area (Å²) < 4.78 is 13.3. The van der Waals surface area contributed by atoms with Crippen molar-refractivity contribution in [3.05, 3.63) is 58.0 Å². The molecule has 6 heteroatoms. The normalized spacial score (nSPS) is 25.7. The van der Waals surface area contributed by atoms with Crippen LogP contribution in [-0.4, -0.2) is 34.1 Å². The summed E-state index contributed by atoms with van der Waals surface area (Å²) in [6.07, 6.45) is 0.950. The molecule has 2 heterocycles. The third-order valence-corrected chi connectivity index (χ3v) is 6.37. The summed E-state index contributed by atoms with van der Waals surface area (Å²) in [6.45, 7) is 9.23. The molecule has 0 aliphatic carbocycles. The first-order valence-corrected chi connectivity index (χ1v) is 11.0. The highest BCUT2D eigenvalue weighted by molar-refractivity contribution is 7.10. The lowest BCUT2D eigenvalue weighted by atomic mass is 9.81. The van der Waals surface area contributed by atoms with E-state index < -0.39 is 11.6 Å². The number of hydrogen-bond acceptors (Lipinski definition) is 4. The van der Waals surface area contributed by atoms with E-state index in [4.69, 9.17) is 0 Å². The van der Waals surface area contributed by atoms with Gasteiger partial charge in [0.05, 0.1) is 17.7 Å². The Kier molecular flexibility index (Phi) is 6.46. The van der Waals surface area contributed by atoms with Gasteiger partial charge in [0.15, 0.2) is 0 Å². The van der Waals surface area contributed by atoms with Crippen LogP contribution in [0.4, 0.5) is 4.39 Å². The second-order valence-corrected chi connectivity index (χ2v) is 10.4. The first kappa shape index (κ1) is 21.9. The van der Waals surface area contributed by atoms with Crippen LogP contribution in [0.1, 0.15) is 57.0 Å². The summed E-state index contributed by atoms with van der Waals surface area (Å²) >= 11 is 1.63. The van der Waals surface area contributed by atoms with Crippen molar-refractivity contribution in [1.29, 1.82) is 0 Å². The van der Waals surface area contributed by atoms with Crippen LogP contribution < -0.4 is 5.32 Å². The van der Waals surface area contributed by atoms with Gasteiger partial charge in [-0.25, -0.2) is 4.39 Å². The minimum atomic E-state index is -1.01. The SMILES string of the molecule is CC(C)(C)CC(=O)NC1C(c2cccs2)N(Cc2ccc(F)cc2)CCC1(C)O. The van der Waals surface area contributed by atoms with Crippen molar-refractivity contribution in [2.75, 3.05) is 6.54 Å². The Hall–Kier alpha value is -1.76.